The van der Waals surface area contributed by atoms with E-state index in [1.54, 1.807) is 21.6 Å². The number of fused-ring (bicyclic) bond motifs is 2. The first-order chi connectivity index (χ1) is 25.3. The van der Waals surface area contributed by atoms with Gasteiger partial charge in [0, 0.05) is 55.6 Å². The number of benzene rings is 3. The van der Waals surface area contributed by atoms with Gasteiger partial charge in [-0.25, -0.2) is 18.7 Å². The van der Waals surface area contributed by atoms with Crippen molar-refractivity contribution >= 4 is 44.8 Å². The number of hydrogen-bond acceptors (Lipinski definition) is 9. The fraction of sp³-hybridized carbons (Fsp3) is 0.289. The van der Waals surface area contributed by atoms with Crippen molar-refractivity contribution in [3.63, 3.8) is 0 Å². The summed E-state index contributed by atoms with van der Waals surface area (Å²) in [6, 6.07) is 21.5. The highest BCUT2D eigenvalue weighted by atomic mass is 32.1. The third-order valence-corrected chi connectivity index (χ3v) is 11.0. The number of likely N-dealkylation sites (tertiary alicyclic amines) is 1. The van der Waals surface area contributed by atoms with Crippen LogP contribution in [-0.4, -0.2) is 67.3 Å². The Morgan fingerprint density at radius 3 is 2.58 bits per heavy atom. The van der Waals surface area contributed by atoms with Crippen LogP contribution in [0.15, 0.2) is 90.2 Å². The molecule has 0 radical (unpaired) electrons. The summed E-state index contributed by atoms with van der Waals surface area (Å²) in [7, 11) is 0. The largest absolute Gasteiger partial charge is 0.379 e. The Hall–Kier alpha value is -5.47. The molecular weight excluding hydrogens is 685 g/mol. The number of hydrogen-bond donors (Lipinski definition) is 2. The number of nitrogens with one attached hydrogen (secondary N) is 1. The fourth-order valence-corrected chi connectivity index (χ4v) is 8.34. The number of carbonyl (C=O) groups is 1. The van der Waals surface area contributed by atoms with Crippen molar-refractivity contribution < 1.29 is 13.6 Å². The SMILES string of the molecule is Nc1nc2sc(C(=O)NC3CCN(C[C@H](Cn4cncn4)c4ccc(F)cc4F)CC3)cc2n(-c2ccc3c(c2)N(c2ccccc2)CCC3)c1=O. The third-order valence-electron chi connectivity index (χ3n) is 9.99. The second-order valence-corrected chi connectivity index (χ2v) is 14.4. The van der Waals surface area contributed by atoms with Gasteiger partial charge in [0.1, 0.15) is 29.1 Å². The summed E-state index contributed by atoms with van der Waals surface area (Å²) in [5, 5.41) is 7.36. The van der Waals surface area contributed by atoms with E-state index < -0.39 is 17.2 Å². The average molecular weight is 722 g/mol. The normalized spacial score (nSPS) is 15.8. The van der Waals surface area contributed by atoms with Crippen molar-refractivity contribution in [1.29, 1.82) is 0 Å². The van der Waals surface area contributed by atoms with Gasteiger partial charge in [-0.05, 0) is 73.2 Å². The van der Waals surface area contributed by atoms with Gasteiger partial charge in [-0.15, -0.1) is 11.3 Å². The van der Waals surface area contributed by atoms with Gasteiger partial charge in [0.25, 0.3) is 11.5 Å². The minimum Gasteiger partial charge on any atom is -0.379 e. The van der Waals surface area contributed by atoms with Crippen molar-refractivity contribution in [2.45, 2.75) is 44.2 Å². The number of nitrogen functional groups attached to an aromatic ring is 1. The Labute approximate surface area is 302 Å². The van der Waals surface area contributed by atoms with Gasteiger partial charge in [-0.2, -0.15) is 5.10 Å². The first kappa shape index (κ1) is 33.7. The summed E-state index contributed by atoms with van der Waals surface area (Å²) in [5.41, 5.74) is 10.7. The topological polar surface area (TPSA) is 127 Å². The molecule has 8 rings (SSSR count). The maximum atomic E-state index is 14.9. The number of amides is 1. The summed E-state index contributed by atoms with van der Waals surface area (Å²) in [5.74, 6) is -1.85. The van der Waals surface area contributed by atoms with Crippen LogP contribution in [0, 0.1) is 11.6 Å². The highest BCUT2D eigenvalue weighted by molar-refractivity contribution is 7.20. The number of aryl methyl sites for hydroxylation is 1. The monoisotopic (exact) mass is 721 g/mol. The molecule has 1 saturated heterocycles. The van der Waals surface area contributed by atoms with E-state index in [1.165, 1.54) is 35.4 Å². The van der Waals surface area contributed by atoms with Crippen molar-refractivity contribution in [3.05, 3.63) is 123 Å². The number of piperidine rings is 1. The van der Waals surface area contributed by atoms with Crippen molar-refractivity contribution in [2.75, 3.05) is 36.8 Å². The van der Waals surface area contributed by atoms with E-state index in [0.717, 1.165) is 36.8 Å². The second-order valence-electron chi connectivity index (χ2n) is 13.4. The molecule has 3 N–H and O–H groups in total. The number of anilines is 3. The molecule has 5 heterocycles. The Kier molecular flexibility index (Phi) is 9.24. The van der Waals surface area contributed by atoms with Crippen LogP contribution in [0.4, 0.5) is 26.0 Å². The standard InChI is InChI=1S/C38H37F2N9O2S/c39-26-9-11-30(31(40)17-26)25(21-47-23-42-22-43-47)20-46-15-12-27(13-16-46)44-36(50)34-19-33-37(52-34)45-35(41)38(51)49(33)29-10-8-24-5-4-14-48(32(24)18-29)28-6-2-1-3-7-28/h1-3,6-11,17-19,22-23,25,27H,4-5,12-16,20-21H2,(H2,41,45)(H,44,50)/t25-/m1/s1. The fourth-order valence-electron chi connectivity index (χ4n) is 7.41. The average Bonchev–Trinajstić information content (AvgIpc) is 3.83. The summed E-state index contributed by atoms with van der Waals surface area (Å²) >= 11 is 1.20. The molecule has 11 nitrogen and oxygen atoms in total. The number of carbonyl (C=O) groups excluding carboxylic acids is 1. The number of thiophene rings is 1. The molecule has 2 aliphatic heterocycles. The Morgan fingerprint density at radius 1 is 0.981 bits per heavy atom. The Balaban J connectivity index is 0.983. The summed E-state index contributed by atoms with van der Waals surface area (Å²) in [4.78, 5) is 41.0. The van der Waals surface area contributed by atoms with Gasteiger partial charge in [-0.3, -0.25) is 18.8 Å². The van der Waals surface area contributed by atoms with E-state index in [1.807, 2.05) is 30.3 Å². The summed E-state index contributed by atoms with van der Waals surface area (Å²) < 4.78 is 31.8. The number of nitrogens with zero attached hydrogens (tertiary/aromatic N) is 7. The first-order valence-electron chi connectivity index (χ1n) is 17.4. The maximum Gasteiger partial charge on any atom is 0.298 e. The molecule has 14 heteroatoms. The molecule has 1 atom stereocenters. The van der Waals surface area contributed by atoms with Crippen LogP contribution in [0.3, 0.4) is 0 Å². The van der Waals surface area contributed by atoms with E-state index in [4.69, 9.17) is 5.73 Å². The lowest BCUT2D eigenvalue weighted by Gasteiger charge is -2.34. The zero-order valence-corrected chi connectivity index (χ0v) is 29.1. The molecule has 3 aromatic heterocycles. The van der Waals surface area contributed by atoms with Crippen LogP contribution in [0.5, 0.6) is 0 Å². The molecule has 52 heavy (non-hydrogen) atoms. The van der Waals surface area contributed by atoms with Gasteiger partial charge in [0.15, 0.2) is 5.82 Å². The molecule has 0 spiro atoms. The number of aromatic nitrogens is 5. The van der Waals surface area contributed by atoms with Crippen molar-refractivity contribution in [2.24, 2.45) is 0 Å². The lowest BCUT2D eigenvalue weighted by Crippen LogP contribution is -2.45. The van der Waals surface area contributed by atoms with Gasteiger partial charge in [0.05, 0.1) is 22.6 Å². The molecule has 0 saturated carbocycles. The van der Waals surface area contributed by atoms with Gasteiger partial charge in [0.2, 0.25) is 0 Å². The van der Waals surface area contributed by atoms with Gasteiger partial charge < -0.3 is 20.9 Å². The maximum absolute atomic E-state index is 14.9. The molecule has 3 aromatic carbocycles. The molecule has 6 aromatic rings. The zero-order chi connectivity index (χ0) is 35.8. The van der Waals surface area contributed by atoms with Crippen LogP contribution in [-0.2, 0) is 13.0 Å². The van der Waals surface area contributed by atoms with Gasteiger partial charge in [-0.1, -0.05) is 30.3 Å². The van der Waals surface area contributed by atoms with E-state index >= 15 is 0 Å². The summed E-state index contributed by atoms with van der Waals surface area (Å²) in [6.07, 6.45) is 6.37. The van der Waals surface area contributed by atoms with Crippen LogP contribution in [0.1, 0.15) is 46.0 Å². The first-order valence-corrected chi connectivity index (χ1v) is 18.2. The van der Waals surface area contributed by atoms with Crippen molar-refractivity contribution in [3.8, 4) is 5.69 Å². The molecular formula is C38H37F2N9O2S. The molecule has 266 valence electrons. The van der Waals surface area contributed by atoms with E-state index in [0.29, 0.717) is 65.5 Å². The molecule has 0 unspecified atom stereocenters. The van der Waals surface area contributed by atoms with E-state index in [9.17, 15) is 18.4 Å². The van der Waals surface area contributed by atoms with E-state index in [-0.39, 0.29) is 23.7 Å². The van der Waals surface area contributed by atoms with Crippen LogP contribution >= 0.6 is 11.3 Å². The molecule has 1 fully saturated rings. The number of para-hydroxylation sites is 1. The predicted octanol–water partition coefficient (Wildman–Crippen LogP) is 5.66. The predicted molar refractivity (Wildman–Crippen MR) is 197 cm³/mol. The lowest BCUT2D eigenvalue weighted by atomic mass is 9.96. The van der Waals surface area contributed by atoms with Crippen LogP contribution in [0.25, 0.3) is 16.0 Å². The minimum absolute atomic E-state index is 0.0740. The highest BCUT2D eigenvalue weighted by Gasteiger charge is 2.27. The lowest BCUT2D eigenvalue weighted by molar-refractivity contribution is 0.0912. The quantitative estimate of drug-likeness (QED) is 0.196. The van der Waals surface area contributed by atoms with Crippen molar-refractivity contribution in [1.82, 2.24) is 34.5 Å². The molecule has 2 aliphatic rings. The summed E-state index contributed by atoms with van der Waals surface area (Å²) in [6.45, 7) is 3.16. The molecule has 1 amide bonds. The van der Waals surface area contributed by atoms with Crippen LogP contribution in [0.2, 0.25) is 0 Å². The number of rotatable bonds is 9. The Morgan fingerprint density at radius 2 is 1.81 bits per heavy atom. The zero-order valence-electron chi connectivity index (χ0n) is 28.3. The second kappa shape index (κ2) is 14.3. The van der Waals surface area contributed by atoms with Gasteiger partial charge >= 0.3 is 0 Å². The molecule has 0 aliphatic carbocycles. The minimum atomic E-state index is -0.618. The number of nitrogens with two attached hydrogens (primary N) is 1. The number of halogens is 2. The van der Waals surface area contributed by atoms with E-state index in [2.05, 4.69) is 48.4 Å². The smallest absolute Gasteiger partial charge is 0.298 e. The molecule has 0 bridgehead atoms. The van der Waals surface area contributed by atoms with Crippen LogP contribution < -0.4 is 21.5 Å². The highest BCUT2D eigenvalue weighted by Crippen LogP contribution is 2.36. The third kappa shape index (κ3) is 6.78. The Bertz CT molecular complexity index is 2290.